The summed E-state index contributed by atoms with van der Waals surface area (Å²) in [5.41, 5.74) is 11.8. The Kier molecular flexibility index (Phi) is 6.43. The third-order valence-corrected chi connectivity index (χ3v) is 9.89. The summed E-state index contributed by atoms with van der Waals surface area (Å²) in [4.78, 5) is 10.8. The lowest BCUT2D eigenvalue weighted by molar-refractivity contribution is 0.668. The molecular weight excluding hydrogens is 613 g/mol. The molecule has 0 unspecified atom stereocenters. The van der Waals surface area contributed by atoms with Gasteiger partial charge in [-0.25, -0.2) is 9.98 Å². The molecule has 0 atom stereocenters. The number of aliphatic imine (C=N–C) groups is 2. The Bertz CT molecular complexity index is 2920. The van der Waals surface area contributed by atoms with E-state index in [0.717, 1.165) is 94.1 Å². The normalized spacial score (nSPS) is 13.8. The van der Waals surface area contributed by atoms with Crippen molar-refractivity contribution in [2.75, 3.05) is 0 Å². The molecule has 0 radical (unpaired) electrons. The molecule has 0 N–H and O–H groups in total. The molecule has 0 amide bonds. The number of hydrogen-bond acceptors (Lipinski definition) is 4. The number of allylic oxidation sites excluding steroid dienone is 1. The molecule has 10 rings (SSSR count). The van der Waals surface area contributed by atoms with E-state index in [4.69, 9.17) is 18.8 Å². The highest BCUT2D eigenvalue weighted by molar-refractivity contribution is 6.20. The molecule has 0 spiro atoms. The second-order valence-corrected chi connectivity index (χ2v) is 13.0. The van der Waals surface area contributed by atoms with Crippen LogP contribution in [0.4, 0.5) is 0 Å². The van der Waals surface area contributed by atoms with Gasteiger partial charge in [-0.3, -0.25) is 0 Å². The highest BCUT2D eigenvalue weighted by Crippen LogP contribution is 2.40. The molecule has 3 heterocycles. The number of hydrogen-bond donors (Lipinski definition) is 0. The lowest BCUT2D eigenvalue weighted by Crippen LogP contribution is -2.07. The van der Waals surface area contributed by atoms with Gasteiger partial charge >= 0.3 is 0 Å². The smallest absolute Gasteiger partial charge is 0.160 e. The van der Waals surface area contributed by atoms with Gasteiger partial charge in [0.25, 0.3) is 0 Å². The fourth-order valence-electron chi connectivity index (χ4n) is 7.49. The second kappa shape index (κ2) is 11.3. The maximum atomic E-state index is 6.32. The van der Waals surface area contributed by atoms with Crippen molar-refractivity contribution in [3.63, 3.8) is 0 Å². The van der Waals surface area contributed by atoms with Gasteiger partial charge in [0.05, 0.1) is 11.4 Å². The van der Waals surface area contributed by atoms with E-state index in [1.807, 2.05) is 30.3 Å². The molecule has 4 heteroatoms. The van der Waals surface area contributed by atoms with E-state index in [-0.39, 0.29) is 0 Å². The molecule has 1 aliphatic rings. The van der Waals surface area contributed by atoms with Crippen LogP contribution in [0.1, 0.15) is 30.0 Å². The first kappa shape index (κ1) is 28.5. The summed E-state index contributed by atoms with van der Waals surface area (Å²) in [5, 5.41) is 6.76. The predicted octanol–water partition coefficient (Wildman–Crippen LogP) is 12.4. The molecule has 0 saturated heterocycles. The summed E-state index contributed by atoms with van der Waals surface area (Å²) in [7, 11) is 0. The number of amidine groups is 1. The number of fused-ring (bicyclic) bond motifs is 7. The summed E-state index contributed by atoms with van der Waals surface area (Å²) >= 11 is 0. The molecule has 1 aliphatic heterocycles. The molecular formula is C46H30N2O2. The van der Waals surface area contributed by atoms with Gasteiger partial charge in [-0.05, 0) is 70.8 Å². The van der Waals surface area contributed by atoms with E-state index < -0.39 is 0 Å². The van der Waals surface area contributed by atoms with Crippen molar-refractivity contribution in [3.05, 3.63) is 174 Å². The average molecular weight is 643 g/mol. The van der Waals surface area contributed by atoms with E-state index in [9.17, 15) is 0 Å². The molecule has 0 aliphatic carbocycles. The number of rotatable bonds is 4. The fourth-order valence-corrected chi connectivity index (χ4v) is 7.49. The Morgan fingerprint density at radius 2 is 1.10 bits per heavy atom. The van der Waals surface area contributed by atoms with Crippen molar-refractivity contribution in [2.24, 2.45) is 9.98 Å². The molecule has 0 bridgehead atoms. The predicted molar refractivity (Wildman–Crippen MR) is 207 cm³/mol. The molecule has 236 valence electrons. The number of para-hydroxylation sites is 2. The Morgan fingerprint density at radius 3 is 1.98 bits per heavy atom. The summed E-state index contributed by atoms with van der Waals surface area (Å²) in [6.07, 6.45) is 0.632. The third-order valence-electron chi connectivity index (χ3n) is 9.89. The van der Waals surface area contributed by atoms with Crippen LogP contribution >= 0.6 is 0 Å². The lowest BCUT2D eigenvalue weighted by atomic mass is 9.91. The summed E-state index contributed by atoms with van der Waals surface area (Å²) in [5.74, 6) is 0.684. The zero-order chi connectivity index (χ0) is 33.2. The maximum Gasteiger partial charge on any atom is 0.160 e. The number of furan rings is 2. The van der Waals surface area contributed by atoms with Gasteiger partial charge in [0.2, 0.25) is 0 Å². The first-order valence-corrected chi connectivity index (χ1v) is 16.9. The van der Waals surface area contributed by atoms with Gasteiger partial charge in [0.15, 0.2) is 5.84 Å². The monoisotopic (exact) mass is 642 g/mol. The minimum atomic E-state index is 0.632. The molecule has 0 saturated carbocycles. The quantitative estimate of drug-likeness (QED) is 0.192. The largest absolute Gasteiger partial charge is 0.456 e. The average Bonchev–Trinajstić information content (AvgIpc) is 3.68. The van der Waals surface area contributed by atoms with Crippen LogP contribution in [0.15, 0.2) is 176 Å². The van der Waals surface area contributed by atoms with E-state index in [0.29, 0.717) is 12.3 Å². The zero-order valence-corrected chi connectivity index (χ0v) is 27.4. The van der Waals surface area contributed by atoms with Gasteiger partial charge in [0.1, 0.15) is 22.3 Å². The van der Waals surface area contributed by atoms with Crippen molar-refractivity contribution < 1.29 is 8.83 Å². The molecule has 0 fully saturated rings. The van der Waals surface area contributed by atoms with Crippen molar-refractivity contribution >= 4 is 71.9 Å². The van der Waals surface area contributed by atoms with Crippen LogP contribution in [0.3, 0.4) is 0 Å². The van der Waals surface area contributed by atoms with Gasteiger partial charge in [-0.15, -0.1) is 0 Å². The highest BCUT2D eigenvalue weighted by Gasteiger charge is 2.22. The second-order valence-electron chi connectivity index (χ2n) is 13.0. The summed E-state index contributed by atoms with van der Waals surface area (Å²) < 4.78 is 12.6. The van der Waals surface area contributed by atoms with Crippen LogP contribution in [0.5, 0.6) is 0 Å². The fraction of sp³-hybridized carbons (Fsp3) is 0.0435. The van der Waals surface area contributed by atoms with Gasteiger partial charge < -0.3 is 8.83 Å². The molecule has 4 nitrogen and oxygen atoms in total. The highest BCUT2D eigenvalue weighted by atomic mass is 16.3. The van der Waals surface area contributed by atoms with Crippen LogP contribution in [0.25, 0.3) is 71.5 Å². The molecule has 7 aromatic carbocycles. The summed E-state index contributed by atoms with van der Waals surface area (Å²) in [6.45, 7) is 2.17. The zero-order valence-electron chi connectivity index (χ0n) is 27.4. The van der Waals surface area contributed by atoms with E-state index in [1.54, 1.807) is 0 Å². The standard InChI is InChI=1S/C46H30N2O2/c1-28-25-39(34-14-5-4-13-33(34)37-17-10-20-42-44(37)38-16-7-9-19-41(38)49-42)47-46(32-22-21-29-11-2-3-12-30(29)26-32)48-45(28)31-23-24-36-35-15-6-8-18-40(35)50-43(36)27-31/h2-24,26-27H,25H2,1H3. The van der Waals surface area contributed by atoms with Crippen LogP contribution in [0.2, 0.25) is 0 Å². The van der Waals surface area contributed by atoms with Gasteiger partial charge in [-0.1, -0.05) is 115 Å². The Balaban J connectivity index is 1.18. The number of nitrogens with zero attached hydrogens (tertiary/aromatic N) is 2. The minimum Gasteiger partial charge on any atom is -0.456 e. The van der Waals surface area contributed by atoms with E-state index >= 15 is 0 Å². The first-order valence-electron chi connectivity index (χ1n) is 16.9. The van der Waals surface area contributed by atoms with Gasteiger partial charge in [-0.2, -0.15) is 0 Å². The third kappa shape index (κ3) is 4.61. The Labute approximate surface area is 288 Å². The molecule has 9 aromatic rings. The van der Waals surface area contributed by atoms with E-state index in [1.165, 1.54) is 5.39 Å². The Hall–Kier alpha value is -6.52. The summed E-state index contributed by atoms with van der Waals surface area (Å²) in [6, 6.07) is 52.7. The van der Waals surface area contributed by atoms with Crippen molar-refractivity contribution in [2.45, 2.75) is 13.3 Å². The van der Waals surface area contributed by atoms with Gasteiger partial charge in [0, 0.05) is 44.7 Å². The topological polar surface area (TPSA) is 51.0 Å². The number of benzene rings is 7. The van der Waals surface area contributed by atoms with Crippen molar-refractivity contribution in [3.8, 4) is 11.1 Å². The van der Waals surface area contributed by atoms with E-state index in [2.05, 4.69) is 128 Å². The van der Waals surface area contributed by atoms with Crippen molar-refractivity contribution in [1.29, 1.82) is 0 Å². The lowest BCUT2D eigenvalue weighted by Gasteiger charge is -2.14. The first-order chi connectivity index (χ1) is 24.7. The minimum absolute atomic E-state index is 0.632. The molecule has 50 heavy (non-hydrogen) atoms. The van der Waals surface area contributed by atoms with Crippen LogP contribution in [-0.2, 0) is 0 Å². The molecule has 2 aromatic heterocycles. The van der Waals surface area contributed by atoms with Crippen LogP contribution in [-0.4, -0.2) is 11.5 Å². The van der Waals surface area contributed by atoms with Crippen LogP contribution in [0, 0.1) is 0 Å². The SMILES string of the molecule is CC1=C(c2ccc3c(c2)oc2ccccc23)N=C(c2ccc3ccccc3c2)N=C(c2ccccc2-c2cccc3oc4ccccc4c23)C1. The maximum absolute atomic E-state index is 6.32. The van der Waals surface area contributed by atoms with Crippen molar-refractivity contribution in [1.82, 2.24) is 0 Å². The Morgan fingerprint density at radius 1 is 0.460 bits per heavy atom. The van der Waals surface area contributed by atoms with Crippen LogP contribution < -0.4 is 0 Å².